The molecule has 1 heterocycles. The summed E-state index contributed by atoms with van der Waals surface area (Å²) in [6.45, 7) is 8.06. The van der Waals surface area contributed by atoms with Gasteiger partial charge in [0, 0.05) is 0 Å². The predicted octanol–water partition coefficient (Wildman–Crippen LogP) is 1.36. The molecule has 5 unspecified atom stereocenters. The van der Waals surface area contributed by atoms with Gasteiger partial charge in [-0.3, -0.25) is 0 Å². The number of hydrogen-bond acceptors (Lipinski definition) is 6. The molecule has 2 rings (SSSR count). The number of benzene rings is 1. The zero-order chi connectivity index (χ0) is 18.8. The summed E-state index contributed by atoms with van der Waals surface area (Å²) in [6, 6.07) is 5.36. The lowest BCUT2D eigenvalue weighted by atomic mass is 9.87. The zero-order valence-corrected chi connectivity index (χ0v) is 15.3. The molecule has 1 aromatic rings. The average molecular weight is 354 g/mol. The van der Waals surface area contributed by atoms with Gasteiger partial charge < -0.3 is 29.9 Å². The molecule has 0 radical (unpaired) electrons. The highest BCUT2D eigenvalue weighted by Gasteiger charge is 2.44. The summed E-state index contributed by atoms with van der Waals surface area (Å²) in [5.74, 6) is 0.537. The van der Waals surface area contributed by atoms with Crippen LogP contribution in [0.5, 0.6) is 5.75 Å². The van der Waals surface area contributed by atoms with Crippen molar-refractivity contribution in [1.82, 2.24) is 0 Å². The van der Waals surface area contributed by atoms with Crippen molar-refractivity contribution in [2.45, 2.75) is 77.8 Å². The van der Waals surface area contributed by atoms with Crippen molar-refractivity contribution in [3.8, 4) is 5.75 Å². The minimum Gasteiger partial charge on any atom is -0.462 e. The largest absolute Gasteiger partial charge is 0.462 e. The van der Waals surface area contributed by atoms with E-state index in [4.69, 9.17) is 9.47 Å². The molecule has 1 aliphatic rings. The van der Waals surface area contributed by atoms with E-state index in [2.05, 4.69) is 20.8 Å². The maximum absolute atomic E-state index is 10.2. The van der Waals surface area contributed by atoms with Gasteiger partial charge in [0.15, 0.2) is 0 Å². The second-order valence-electron chi connectivity index (χ2n) is 7.88. The highest BCUT2D eigenvalue weighted by atomic mass is 16.7. The number of aliphatic hydroxyl groups is 4. The predicted molar refractivity (Wildman–Crippen MR) is 93.1 cm³/mol. The maximum atomic E-state index is 10.2. The van der Waals surface area contributed by atoms with E-state index in [-0.39, 0.29) is 12.0 Å². The zero-order valence-electron chi connectivity index (χ0n) is 15.3. The van der Waals surface area contributed by atoms with Gasteiger partial charge in [-0.15, -0.1) is 0 Å². The van der Waals surface area contributed by atoms with E-state index in [0.717, 1.165) is 11.1 Å². The first-order valence-electron chi connectivity index (χ1n) is 8.75. The summed E-state index contributed by atoms with van der Waals surface area (Å²) in [5, 5.41) is 39.6. The van der Waals surface area contributed by atoms with E-state index in [9.17, 15) is 20.4 Å². The number of ether oxygens (including phenoxy) is 2. The monoisotopic (exact) mass is 354 g/mol. The maximum Gasteiger partial charge on any atom is 0.229 e. The molecule has 0 aliphatic carbocycles. The van der Waals surface area contributed by atoms with Gasteiger partial charge in [-0.05, 0) is 41.5 Å². The van der Waals surface area contributed by atoms with E-state index in [1.54, 1.807) is 12.1 Å². The Labute approximate surface area is 149 Å². The second kappa shape index (κ2) is 8.01. The Morgan fingerprint density at radius 2 is 1.76 bits per heavy atom. The van der Waals surface area contributed by atoms with Crippen molar-refractivity contribution in [2.24, 2.45) is 5.41 Å². The molecule has 6 nitrogen and oxygen atoms in total. The van der Waals surface area contributed by atoms with Crippen molar-refractivity contribution in [3.63, 3.8) is 0 Å². The molecule has 4 N–H and O–H groups in total. The van der Waals surface area contributed by atoms with E-state index < -0.39 is 30.7 Å². The molecule has 0 aromatic heterocycles. The Balaban J connectivity index is 2.26. The Morgan fingerprint density at radius 1 is 1.08 bits per heavy atom. The van der Waals surface area contributed by atoms with Crippen molar-refractivity contribution in [1.29, 1.82) is 0 Å². The third-order valence-electron chi connectivity index (χ3n) is 4.34. The fraction of sp³-hybridized carbons (Fsp3) is 0.684. The highest BCUT2D eigenvalue weighted by Crippen LogP contribution is 2.32. The average Bonchev–Trinajstić information content (AvgIpc) is 2.55. The third-order valence-corrected chi connectivity index (χ3v) is 4.34. The summed E-state index contributed by atoms with van der Waals surface area (Å²) in [7, 11) is 0. The molecule has 25 heavy (non-hydrogen) atoms. The molecule has 1 saturated heterocycles. The molecular formula is C19H30O6. The summed E-state index contributed by atoms with van der Waals surface area (Å²) >= 11 is 0. The van der Waals surface area contributed by atoms with Crippen molar-refractivity contribution < 1.29 is 29.9 Å². The molecule has 142 valence electrons. The van der Waals surface area contributed by atoms with Crippen LogP contribution in [0.4, 0.5) is 0 Å². The SMILES string of the molecule is CCC1OC(Oc2ccc(CO)cc2CC(C)(C)C)C(O)C(O)C1O. The lowest BCUT2D eigenvalue weighted by Crippen LogP contribution is -2.59. The highest BCUT2D eigenvalue weighted by molar-refractivity contribution is 5.38. The number of hydrogen-bond donors (Lipinski definition) is 4. The lowest BCUT2D eigenvalue weighted by Gasteiger charge is -2.40. The van der Waals surface area contributed by atoms with Crippen molar-refractivity contribution in [2.75, 3.05) is 0 Å². The third kappa shape index (κ3) is 4.92. The van der Waals surface area contributed by atoms with Gasteiger partial charge >= 0.3 is 0 Å². The minimum absolute atomic E-state index is 0.000110. The smallest absolute Gasteiger partial charge is 0.229 e. The Bertz CT molecular complexity index is 566. The lowest BCUT2D eigenvalue weighted by molar-refractivity contribution is -0.272. The number of aliphatic hydroxyl groups excluding tert-OH is 4. The van der Waals surface area contributed by atoms with Gasteiger partial charge in [0.2, 0.25) is 6.29 Å². The molecule has 1 fully saturated rings. The minimum atomic E-state index is -1.35. The molecular weight excluding hydrogens is 324 g/mol. The first kappa shape index (κ1) is 20.1. The second-order valence-corrected chi connectivity index (χ2v) is 7.88. The van der Waals surface area contributed by atoms with Gasteiger partial charge in [0.05, 0.1) is 12.7 Å². The van der Waals surface area contributed by atoms with Crippen molar-refractivity contribution >= 4 is 0 Å². The van der Waals surface area contributed by atoms with Gasteiger partial charge in [0.1, 0.15) is 24.1 Å². The van der Waals surface area contributed by atoms with E-state index in [1.807, 2.05) is 13.0 Å². The summed E-state index contributed by atoms with van der Waals surface area (Å²) in [6.07, 6.45) is -4.30. The Kier molecular flexibility index (Phi) is 6.45. The van der Waals surface area contributed by atoms with Gasteiger partial charge in [0.25, 0.3) is 0 Å². The van der Waals surface area contributed by atoms with Crippen LogP contribution in [-0.4, -0.2) is 51.1 Å². The van der Waals surface area contributed by atoms with Crippen LogP contribution < -0.4 is 4.74 Å². The first-order chi connectivity index (χ1) is 11.7. The fourth-order valence-electron chi connectivity index (χ4n) is 3.03. The molecule has 1 aromatic carbocycles. The van der Waals surface area contributed by atoms with Gasteiger partial charge in [-0.1, -0.05) is 33.8 Å². The van der Waals surface area contributed by atoms with Gasteiger partial charge in [-0.2, -0.15) is 0 Å². The Morgan fingerprint density at radius 3 is 2.32 bits per heavy atom. The topological polar surface area (TPSA) is 99.4 Å². The normalized spacial score (nSPS) is 30.3. The quantitative estimate of drug-likeness (QED) is 0.637. The fourth-order valence-corrected chi connectivity index (χ4v) is 3.03. The van der Waals surface area contributed by atoms with E-state index in [1.165, 1.54) is 0 Å². The summed E-state index contributed by atoms with van der Waals surface area (Å²) < 4.78 is 11.5. The molecule has 0 amide bonds. The van der Waals surface area contributed by atoms with E-state index >= 15 is 0 Å². The van der Waals surface area contributed by atoms with Crippen LogP contribution in [0, 0.1) is 5.41 Å². The van der Waals surface area contributed by atoms with Crippen LogP contribution in [0.3, 0.4) is 0 Å². The first-order valence-corrected chi connectivity index (χ1v) is 8.75. The summed E-state index contributed by atoms with van der Waals surface area (Å²) in [5.41, 5.74) is 1.67. The molecule has 0 spiro atoms. The van der Waals surface area contributed by atoms with Crippen LogP contribution in [-0.2, 0) is 17.8 Å². The standard InChI is InChI=1S/C19H30O6/c1-5-13-15(21)16(22)17(23)18(24-13)25-14-7-6-11(10-20)8-12(14)9-19(2,3)4/h6-8,13,15-18,20-23H,5,9-10H2,1-4H3. The van der Waals surface area contributed by atoms with Gasteiger partial charge in [-0.25, -0.2) is 0 Å². The number of rotatable bonds is 5. The molecule has 1 aliphatic heterocycles. The van der Waals surface area contributed by atoms with E-state index in [0.29, 0.717) is 18.6 Å². The van der Waals surface area contributed by atoms with Crippen molar-refractivity contribution in [3.05, 3.63) is 29.3 Å². The molecule has 0 saturated carbocycles. The van der Waals surface area contributed by atoms with Crippen LogP contribution in [0.2, 0.25) is 0 Å². The Hall–Kier alpha value is -1.18. The van der Waals surface area contributed by atoms with Crippen LogP contribution in [0.1, 0.15) is 45.2 Å². The van der Waals surface area contributed by atoms with Crippen LogP contribution in [0.15, 0.2) is 18.2 Å². The molecule has 5 atom stereocenters. The van der Waals surface area contributed by atoms with Crippen LogP contribution >= 0.6 is 0 Å². The molecule has 0 bridgehead atoms. The summed E-state index contributed by atoms with van der Waals surface area (Å²) in [4.78, 5) is 0. The van der Waals surface area contributed by atoms with Crippen LogP contribution in [0.25, 0.3) is 0 Å². The molecule has 6 heteroatoms.